The average molecular weight is 329 g/mol. The number of carboxylic acids is 1. The van der Waals surface area contributed by atoms with E-state index in [1.165, 1.54) is 16.7 Å². The SMILES string of the molecule is CCCC1SCC(C(=O)O)N1C(=O)Nc1ccc(Cl)cc1. The lowest BCUT2D eigenvalue weighted by molar-refractivity contribution is -0.141. The summed E-state index contributed by atoms with van der Waals surface area (Å²) < 4.78 is 0. The summed E-state index contributed by atoms with van der Waals surface area (Å²) in [6.45, 7) is 2.02. The first-order valence-corrected chi connectivity index (χ1v) is 8.15. The van der Waals surface area contributed by atoms with Crippen molar-refractivity contribution in [3.63, 3.8) is 0 Å². The zero-order valence-corrected chi connectivity index (χ0v) is 13.2. The molecular weight excluding hydrogens is 312 g/mol. The summed E-state index contributed by atoms with van der Waals surface area (Å²) in [5.41, 5.74) is 0.598. The fraction of sp³-hybridized carbons (Fsp3) is 0.429. The molecule has 1 aromatic rings. The molecule has 21 heavy (non-hydrogen) atoms. The predicted octanol–water partition coefficient (Wildman–Crippen LogP) is 3.50. The Bertz CT molecular complexity index is 523. The lowest BCUT2D eigenvalue weighted by Crippen LogP contribution is -2.47. The molecule has 0 saturated carbocycles. The number of amides is 2. The van der Waals surface area contributed by atoms with Crippen molar-refractivity contribution < 1.29 is 14.7 Å². The van der Waals surface area contributed by atoms with Crippen molar-refractivity contribution in [2.45, 2.75) is 31.2 Å². The van der Waals surface area contributed by atoms with Crippen molar-refractivity contribution in [3.05, 3.63) is 29.3 Å². The summed E-state index contributed by atoms with van der Waals surface area (Å²) in [6, 6.07) is 5.57. The molecule has 1 saturated heterocycles. The van der Waals surface area contributed by atoms with Crippen LogP contribution in [0.15, 0.2) is 24.3 Å². The smallest absolute Gasteiger partial charge is 0.327 e. The standard InChI is InChI=1S/C14H17ClN2O3S/c1-2-3-12-17(11(8-21-12)13(18)19)14(20)16-10-6-4-9(15)5-7-10/h4-7,11-12H,2-3,8H2,1H3,(H,16,20)(H,18,19). The van der Waals surface area contributed by atoms with Crippen LogP contribution in [0.4, 0.5) is 10.5 Å². The maximum atomic E-state index is 12.4. The fourth-order valence-electron chi connectivity index (χ4n) is 2.22. The van der Waals surface area contributed by atoms with Crippen LogP contribution >= 0.6 is 23.4 Å². The molecule has 0 aliphatic carbocycles. The molecule has 1 heterocycles. The monoisotopic (exact) mass is 328 g/mol. The first kappa shape index (κ1) is 16.0. The normalized spacial score (nSPS) is 21.3. The highest BCUT2D eigenvalue weighted by atomic mass is 35.5. The molecule has 0 radical (unpaired) electrons. The van der Waals surface area contributed by atoms with Crippen LogP contribution in [0.5, 0.6) is 0 Å². The van der Waals surface area contributed by atoms with Crippen molar-refractivity contribution in [1.29, 1.82) is 0 Å². The summed E-state index contributed by atoms with van der Waals surface area (Å²) in [5.74, 6) is -0.541. The number of carboxylic acid groups (broad SMARTS) is 1. The van der Waals surface area contributed by atoms with E-state index in [1.807, 2.05) is 6.92 Å². The number of hydrogen-bond donors (Lipinski definition) is 2. The van der Waals surface area contributed by atoms with E-state index in [9.17, 15) is 14.7 Å². The number of anilines is 1. The van der Waals surface area contributed by atoms with Gasteiger partial charge in [0.1, 0.15) is 6.04 Å². The molecule has 2 amide bonds. The number of aliphatic carboxylic acids is 1. The highest BCUT2D eigenvalue weighted by Crippen LogP contribution is 2.32. The van der Waals surface area contributed by atoms with Crippen LogP contribution in [0.3, 0.4) is 0 Å². The minimum Gasteiger partial charge on any atom is -0.480 e. The first-order chi connectivity index (χ1) is 10.0. The van der Waals surface area contributed by atoms with Gasteiger partial charge in [-0.25, -0.2) is 9.59 Å². The number of hydrogen-bond acceptors (Lipinski definition) is 3. The van der Waals surface area contributed by atoms with Gasteiger partial charge in [-0.15, -0.1) is 11.8 Å². The summed E-state index contributed by atoms with van der Waals surface area (Å²) in [6.07, 6.45) is 1.68. The minimum atomic E-state index is -0.965. The molecule has 2 unspecified atom stereocenters. The molecule has 0 bridgehead atoms. The Morgan fingerprint density at radius 1 is 1.43 bits per heavy atom. The Morgan fingerprint density at radius 3 is 2.67 bits per heavy atom. The quantitative estimate of drug-likeness (QED) is 0.887. The van der Waals surface area contributed by atoms with Crippen LogP contribution in [0.1, 0.15) is 19.8 Å². The third-order valence-electron chi connectivity index (χ3n) is 3.24. The number of halogens is 1. The molecule has 7 heteroatoms. The highest BCUT2D eigenvalue weighted by molar-refractivity contribution is 8.00. The van der Waals surface area contributed by atoms with Crippen LogP contribution in [-0.4, -0.2) is 39.2 Å². The number of thioether (sulfide) groups is 1. The van der Waals surface area contributed by atoms with Gasteiger partial charge in [-0.3, -0.25) is 4.90 Å². The molecule has 2 N–H and O–H groups in total. The van der Waals surface area contributed by atoms with E-state index in [0.717, 1.165) is 12.8 Å². The van der Waals surface area contributed by atoms with Gasteiger partial charge in [-0.2, -0.15) is 0 Å². The van der Waals surface area contributed by atoms with E-state index in [0.29, 0.717) is 16.5 Å². The van der Waals surface area contributed by atoms with Gasteiger partial charge in [0.2, 0.25) is 0 Å². The number of nitrogens with zero attached hydrogens (tertiary/aromatic N) is 1. The van der Waals surface area contributed by atoms with Gasteiger partial charge >= 0.3 is 12.0 Å². The van der Waals surface area contributed by atoms with Crippen molar-refractivity contribution in [2.24, 2.45) is 0 Å². The van der Waals surface area contributed by atoms with Gasteiger partial charge in [0, 0.05) is 16.5 Å². The van der Waals surface area contributed by atoms with Gasteiger partial charge < -0.3 is 10.4 Å². The predicted molar refractivity (Wildman–Crippen MR) is 84.9 cm³/mol. The van der Waals surface area contributed by atoms with Crippen LogP contribution in [0.25, 0.3) is 0 Å². The third kappa shape index (κ3) is 3.83. The van der Waals surface area contributed by atoms with Crippen LogP contribution < -0.4 is 5.32 Å². The summed E-state index contributed by atoms with van der Waals surface area (Å²) in [5, 5.41) is 12.5. The molecule has 5 nitrogen and oxygen atoms in total. The Kier molecular flexibility index (Phi) is 5.36. The number of carbonyl (C=O) groups excluding carboxylic acids is 1. The molecule has 0 aromatic heterocycles. The number of urea groups is 1. The molecule has 1 aromatic carbocycles. The van der Waals surface area contributed by atoms with Gasteiger partial charge in [-0.05, 0) is 30.7 Å². The van der Waals surface area contributed by atoms with Crippen molar-refractivity contribution in [1.82, 2.24) is 4.90 Å². The maximum absolute atomic E-state index is 12.4. The Morgan fingerprint density at radius 2 is 2.10 bits per heavy atom. The van der Waals surface area contributed by atoms with Crippen molar-refractivity contribution in [2.75, 3.05) is 11.1 Å². The second-order valence-corrected chi connectivity index (χ2v) is 6.42. The third-order valence-corrected chi connectivity index (χ3v) is 4.85. The zero-order chi connectivity index (χ0) is 15.4. The number of carbonyl (C=O) groups is 2. The Balaban J connectivity index is 2.12. The number of benzene rings is 1. The molecular formula is C14H17ClN2O3S. The van der Waals surface area contributed by atoms with E-state index in [-0.39, 0.29) is 11.4 Å². The first-order valence-electron chi connectivity index (χ1n) is 6.72. The van der Waals surface area contributed by atoms with Gasteiger partial charge in [0.25, 0.3) is 0 Å². The molecule has 0 spiro atoms. The number of nitrogens with one attached hydrogen (secondary N) is 1. The van der Waals surface area contributed by atoms with E-state index in [4.69, 9.17) is 11.6 Å². The van der Waals surface area contributed by atoms with Gasteiger partial charge in [0.15, 0.2) is 0 Å². The topological polar surface area (TPSA) is 69.6 Å². The van der Waals surface area contributed by atoms with Crippen LogP contribution in [0, 0.1) is 0 Å². The van der Waals surface area contributed by atoms with Crippen molar-refractivity contribution in [3.8, 4) is 0 Å². The summed E-state index contributed by atoms with van der Waals surface area (Å²) >= 11 is 7.32. The number of rotatable bonds is 4. The van der Waals surface area contributed by atoms with Crippen LogP contribution in [-0.2, 0) is 4.79 Å². The van der Waals surface area contributed by atoms with E-state index < -0.39 is 12.0 Å². The maximum Gasteiger partial charge on any atom is 0.327 e. The van der Waals surface area contributed by atoms with Gasteiger partial charge in [0.05, 0.1) is 5.37 Å². The lowest BCUT2D eigenvalue weighted by Gasteiger charge is -2.27. The van der Waals surface area contributed by atoms with E-state index >= 15 is 0 Å². The second-order valence-electron chi connectivity index (χ2n) is 4.78. The average Bonchev–Trinajstić information content (AvgIpc) is 2.86. The molecule has 2 rings (SSSR count). The molecule has 2 atom stereocenters. The van der Waals surface area contributed by atoms with E-state index in [1.54, 1.807) is 24.3 Å². The van der Waals surface area contributed by atoms with E-state index in [2.05, 4.69) is 5.32 Å². The molecule has 1 fully saturated rings. The molecule has 114 valence electrons. The summed E-state index contributed by atoms with van der Waals surface area (Å²) in [4.78, 5) is 25.2. The highest BCUT2D eigenvalue weighted by Gasteiger charge is 2.41. The lowest BCUT2D eigenvalue weighted by atomic mass is 10.2. The largest absolute Gasteiger partial charge is 0.480 e. The molecule has 1 aliphatic heterocycles. The second kappa shape index (κ2) is 7.04. The fourth-order valence-corrected chi connectivity index (χ4v) is 3.86. The molecule has 1 aliphatic rings. The van der Waals surface area contributed by atoms with Crippen molar-refractivity contribution >= 4 is 41.1 Å². The zero-order valence-electron chi connectivity index (χ0n) is 11.6. The summed E-state index contributed by atoms with van der Waals surface area (Å²) in [7, 11) is 0. The minimum absolute atomic E-state index is 0.0941. The Hall–Kier alpha value is -1.40. The van der Waals surface area contributed by atoms with Gasteiger partial charge in [-0.1, -0.05) is 24.9 Å². The van der Waals surface area contributed by atoms with Crippen LogP contribution in [0.2, 0.25) is 5.02 Å². The Labute approximate surface area is 132 Å².